The molecule has 0 aliphatic carbocycles. The van der Waals surface area contributed by atoms with Gasteiger partial charge in [-0.05, 0) is 0 Å². The van der Waals surface area contributed by atoms with E-state index in [1.54, 1.807) is 10.8 Å². The van der Waals surface area contributed by atoms with Crippen molar-refractivity contribution in [1.82, 2.24) is 19.5 Å². The number of hydrogen-bond acceptors (Lipinski definition) is 7. The maximum Gasteiger partial charge on any atom is 0.205 e. The lowest BCUT2D eigenvalue weighted by atomic mass is 10.0. The maximum atomic E-state index is 10.2. The fraction of sp³-hybridized carbons (Fsp3) is 0.545. The Morgan fingerprint density at radius 2 is 2.21 bits per heavy atom. The lowest BCUT2D eigenvalue weighted by molar-refractivity contribution is -0.134. The lowest BCUT2D eigenvalue weighted by Crippen LogP contribution is -2.49. The molecule has 2 N–H and O–H groups in total. The molecule has 2 fully saturated rings. The van der Waals surface area contributed by atoms with Gasteiger partial charge in [-0.3, -0.25) is 4.57 Å². The van der Waals surface area contributed by atoms with Gasteiger partial charge in [0.2, 0.25) is 5.72 Å². The van der Waals surface area contributed by atoms with Crippen LogP contribution in [0.3, 0.4) is 0 Å². The van der Waals surface area contributed by atoms with E-state index in [2.05, 4.69) is 15.0 Å². The first-order chi connectivity index (χ1) is 9.23. The molecule has 0 radical (unpaired) electrons. The highest BCUT2D eigenvalue weighted by atomic mass is 16.6. The summed E-state index contributed by atoms with van der Waals surface area (Å²) < 4.78 is 12.8. The predicted octanol–water partition coefficient (Wildman–Crippen LogP) is -1.37. The van der Waals surface area contributed by atoms with Crippen LogP contribution in [0, 0.1) is 0 Å². The Balaban J connectivity index is 1.94. The zero-order valence-corrected chi connectivity index (χ0v) is 9.88. The molecule has 2 saturated heterocycles. The van der Waals surface area contributed by atoms with E-state index in [1.807, 2.05) is 0 Å². The summed E-state index contributed by atoms with van der Waals surface area (Å²) in [4.78, 5) is 12.2. The molecule has 0 bridgehead atoms. The lowest BCUT2D eigenvalue weighted by Gasteiger charge is -2.31. The van der Waals surface area contributed by atoms with Gasteiger partial charge in [0.05, 0.1) is 25.7 Å². The first-order valence-electron chi connectivity index (χ1n) is 5.98. The largest absolute Gasteiger partial charge is 0.388 e. The third-order valence-electron chi connectivity index (χ3n) is 3.74. The number of hydrogen-bond donors (Lipinski definition) is 2. The number of fused-ring (bicyclic) bond motifs is 2. The number of aromatic nitrogens is 4. The smallest absolute Gasteiger partial charge is 0.205 e. The molecule has 0 aromatic carbocycles. The standard InChI is InChI=1S/C11H12N4O4/c16-7-2-19-11(8(17)3-18-9(7)11)15-5-14-6-1-12-4-13-10(6)15/h1,4-5,7-9,16-17H,2-3H2/t7-,8+,9-,11-/m1/s1. The molecule has 19 heavy (non-hydrogen) atoms. The predicted molar refractivity (Wildman–Crippen MR) is 61.0 cm³/mol. The van der Waals surface area contributed by atoms with Crippen molar-refractivity contribution in [3.05, 3.63) is 18.9 Å². The quantitative estimate of drug-likeness (QED) is 0.655. The second-order valence-electron chi connectivity index (χ2n) is 4.75. The second-order valence-corrected chi connectivity index (χ2v) is 4.75. The molecule has 4 atom stereocenters. The van der Waals surface area contributed by atoms with Crippen molar-refractivity contribution < 1.29 is 19.7 Å². The van der Waals surface area contributed by atoms with E-state index in [0.29, 0.717) is 11.2 Å². The molecule has 100 valence electrons. The van der Waals surface area contributed by atoms with Crippen LogP contribution in [0.15, 0.2) is 18.9 Å². The van der Waals surface area contributed by atoms with Crippen LogP contribution in [-0.4, -0.2) is 61.3 Å². The van der Waals surface area contributed by atoms with Crippen molar-refractivity contribution in [3.63, 3.8) is 0 Å². The monoisotopic (exact) mass is 264 g/mol. The summed E-state index contributed by atoms with van der Waals surface area (Å²) >= 11 is 0. The van der Waals surface area contributed by atoms with Gasteiger partial charge in [0, 0.05) is 0 Å². The summed E-state index contributed by atoms with van der Waals surface area (Å²) in [7, 11) is 0. The summed E-state index contributed by atoms with van der Waals surface area (Å²) in [5, 5.41) is 20.2. The summed E-state index contributed by atoms with van der Waals surface area (Å²) in [6.07, 6.45) is 2.22. The topological polar surface area (TPSA) is 103 Å². The van der Waals surface area contributed by atoms with Crippen LogP contribution in [0.5, 0.6) is 0 Å². The minimum absolute atomic E-state index is 0.104. The van der Waals surface area contributed by atoms with Gasteiger partial charge < -0.3 is 19.7 Å². The van der Waals surface area contributed by atoms with E-state index in [-0.39, 0.29) is 13.2 Å². The van der Waals surface area contributed by atoms with Gasteiger partial charge >= 0.3 is 0 Å². The number of imidazole rings is 1. The highest BCUT2D eigenvalue weighted by Crippen LogP contribution is 2.42. The molecule has 2 aliphatic rings. The van der Waals surface area contributed by atoms with E-state index >= 15 is 0 Å². The normalized spacial score (nSPS) is 37.9. The Bertz CT molecular complexity index is 632. The molecule has 0 amide bonds. The number of rotatable bonds is 1. The van der Waals surface area contributed by atoms with Gasteiger partial charge in [-0.25, -0.2) is 15.0 Å². The van der Waals surface area contributed by atoms with E-state index in [0.717, 1.165) is 0 Å². The van der Waals surface area contributed by atoms with E-state index < -0.39 is 24.0 Å². The van der Waals surface area contributed by atoms with Crippen LogP contribution in [0.25, 0.3) is 11.2 Å². The minimum Gasteiger partial charge on any atom is -0.388 e. The molecule has 4 rings (SSSR count). The Kier molecular flexibility index (Phi) is 2.19. The van der Waals surface area contributed by atoms with Gasteiger partial charge in [0.25, 0.3) is 0 Å². The summed E-state index contributed by atoms with van der Waals surface area (Å²) in [5.41, 5.74) is -0.0268. The fourth-order valence-corrected chi connectivity index (χ4v) is 2.88. The Labute approximate surface area is 107 Å². The van der Waals surface area contributed by atoms with Crippen LogP contribution < -0.4 is 0 Å². The average molecular weight is 264 g/mol. The van der Waals surface area contributed by atoms with Crippen LogP contribution >= 0.6 is 0 Å². The third kappa shape index (κ3) is 1.29. The molecule has 2 aliphatic heterocycles. The SMILES string of the molecule is O[C@@H]1CO[C@@]2(n3cnc4cncnc43)[C@@H]1OC[C@@H]2O. The average Bonchev–Trinajstić information content (AvgIpc) is 3.06. The maximum absolute atomic E-state index is 10.2. The molecular weight excluding hydrogens is 252 g/mol. The molecule has 0 saturated carbocycles. The van der Waals surface area contributed by atoms with Crippen molar-refractivity contribution in [2.75, 3.05) is 13.2 Å². The molecule has 0 unspecified atom stereocenters. The molecule has 8 nitrogen and oxygen atoms in total. The van der Waals surface area contributed by atoms with Gasteiger partial charge in [-0.15, -0.1) is 0 Å². The van der Waals surface area contributed by atoms with E-state index in [4.69, 9.17) is 9.47 Å². The highest BCUT2D eigenvalue weighted by Gasteiger charge is 2.61. The summed E-state index contributed by atoms with van der Waals surface area (Å²) in [6, 6.07) is 0. The Morgan fingerprint density at radius 3 is 3.11 bits per heavy atom. The van der Waals surface area contributed by atoms with Crippen molar-refractivity contribution in [2.24, 2.45) is 0 Å². The van der Waals surface area contributed by atoms with Crippen LogP contribution in [0.4, 0.5) is 0 Å². The second kappa shape index (κ2) is 3.70. The van der Waals surface area contributed by atoms with Crippen molar-refractivity contribution in [2.45, 2.75) is 24.0 Å². The number of aliphatic hydroxyl groups is 2. The number of aliphatic hydroxyl groups excluding tert-OH is 2. The first kappa shape index (κ1) is 11.2. The van der Waals surface area contributed by atoms with Gasteiger partial charge in [-0.1, -0.05) is 0 Å². The summed E-state index contributed by atoms with van der Waals surface area (Å²) in [6.45, 7) is 0.207. The molecule has 4 heterocycles. The van der Waals surface area contributed by atoms with Gasteiger partial charge in [0.15, 0.2) is 5.65 Å². The zero-order chi connectivity index (χ0) is 13.0. The van der Waals surface area contributed by atoms with Crippen molar-refractivity contribution >= 4 is 11.2 Å². The van der Waals surface area contributed by atoms with Gasteiger partial charge in [0.1, 0.15) is 30.2 Å². The number of ether oxygens (including phenoxy) is 2. The van der Waals surface area contributed by atoms with Crippen LogP contribution in [-0.2, 0) is 15.2 Å². The van der Waals surface area contributed by atoms with Gasteiger partial charge in [-0.2, -0.15) is 0 Å². The van der Waals surface area contributed by atoms with Crippen LogP contribution in [0.1, 0.15) is 0 Å². The molecule has 0 spiro atoms. The molecular formula is C11H12N4O4. The summed E-state index contributed by atoms with van der Waals surface area (Å²) in [5.74, 6) is 0. The van der Waals surface area contributed by atoms with Crippen molar-refractivity contribution in [1.29, 1.82) is 0 Å². The molecule has 2 aromatic rings. The minimum atomic E-state index is -1.16. The Hall–Kier alpha value is -1.61. The van der Waals surface area contributed by atoms with E-state index in [1.165, 1.54) is 12.7 Å². The molecule has 2 aromatic heterocycles. The third-order valence-corrected chi connectivity index (χ3v) is 3.74. The van der Waals surface area contributed by atoms with E-state index in [9.17, 15) is 10.2 Å². The fourth-order valence-electron chi connectivity index (χ4n) is 2.88. The Morgan fingerprint density at radius 1 is 1.32 bits per heavy atom. The van der Waals surface area contributed by atoms with Crippen molar-refractivity contribution in [3.8, 4) is 0 Å². The van der Waals surface area contributed by atoms with Crippen LogP contribution in [0.2, 0.25) is 0 Å². The highest BCUT2D eigenvalue weighted by molar-refractivity contribution is 5.69. The molecule has 8 heteroatoms. The number of nitrogens with zero attached hydrogens (tertiary/aromatic N) is 4. The first-order valence-corrected chi connectivity index (χ1v) is 5.98. The zero-order valence-electron chi connectivity index (χ0n) is 9.88.